The molecule has 0 saturated carbocycles. The van der Waals surface area contributed by atoms with Gasteiger partial charge in [0.2, 0.25) is 11.8 Å². The van der Waals surface area contributed by atoms with Crippen LogP contribution in [0.4, 0.5) is 13.2 Å². The average molecular weight is 793 g/mol. The molecule has 0 radical (unpaired) electrons. The third kappa shape index (κ3) is 9.19. The molecule has 3 aliphatic rings. The summed E-state index contributed by atoms with van der Waals surface area (Å²) in [5, 5.41) is 11.2. The van der Waals surface area contributed by atoms with E-state index in [4.69, 9.17) is 28.9 Å². The van der Waals surface area contributed by atoms with Crippen LogP contribution in [0.3, 0.4) is 0 Å². The summed E-state index contributed by atoms with van der Waals surface area (Å²) in [6.45, 7) is 5.49. The van der Waals surface area contributed by atoms with Crippen molar-refractivity contribution in [2.24, 2.45) is 5.41 Å². The van der Waals surface area contributed by atoms with Crippen LogP contribution in [-0.2, 0) is 36.6 Å². The number of nitrogens with zero attached hydrogens (tertiary/aromatic N) is 3. The van der Waals surface area contributed by atoms with E-state index in [2.05, 4.69) is 5.32 Å². The molecule has 3 aromatic carbocycles. The molecule has 6 rings (SSSR count). The van der Waals surface area contributed by atoms with Gasteiger partial charge >= 0.3 is 6.18 Å². The first kappa shape index (κ1) is 40.7. The van der Waals surface area contributed by atoms with Crippen LogP contribution in [0.5, 0.6) is 17.2 Å². The quantitative estimate of drug-likeness (QED) is 0.162. The van der Waals surface area contributed by atoms with Gasteiger partial charge in [-0.25, -0.2) is 0 Å². The van der Waals surface area contributed by atoms with Crippen molar-refractivity contribution in [1.82, 2.24) is 15.1 Å². The third-order valence-electron chi connectivity index (χ3n) is 9.60. The van der Waals surface area contributed by atoms with E-state index in [0.29, 0.717) is 12.3 Å². The molecule has 0 bridgehead atoms. The summed E-state index contributed by atoms with van der Waals surface area (Å²) in [6.07, 6.45) is -5.70. The number of hydrogen-bond acceptors (Lipinski definition) is 11. The summed E-state index contributed by atoms with van der Waals surface area (Å²) in [6, 6.07) is 15.2. The predicted octanol–water partition coefficient (Wildman–Crippen LogP) is 4.29. The standard InChI is InChI=1S/C40H39F3N4O10/c1-39(2)23-46(38(52)34(39)57-27-11-8-25(21-44)29(20-27)40(41,42)43)22-24-6-9-26(10-7-24)55-18-16-53-14-15-54-17-19-56-31-5-3-4-28-33(31)37(51)47(36(28)50)30-12-13-32(48)45-35(30)49/h3-11,20,30,34H,12-19,22-23H2,1-2H3,(H,45,48,49). The molecule has 2 unspecified atom stereocenters. The molecule has 3 aromatic rings. The number of nitriles is 1. The van der Waals surface area contributed by atoms with E-state index in [1.807, 2.05) is 12.1 Å². The number of ether oxygens (including phenoxy) is 5. The summed E-state index contributed by atoms with van der Waals surface area (Å²) < 4.78 is 68.8. The lowest BCUT2D eigenvalue weighted by Gasteiger charge is -2.27. The fourth-order valence-corrected chi connectivity index (χ4v) is 6.83. The molecule has 0 aromatic heterocycles. The molecule has 14 nitrogen and oxygen atoms in total. The molecule has 3 heterocycles. The van der Waals surface area contributed by atoms with Gasteiger partial charge in [0, 0.05) is 24.9 Å². The van der Waals surface area contributed by atoms with E-state index >= 15 is 0 Å². The van der Waals surface area contributed by atoms with Gasteiger partial charge in [0.05, 0.1) is 54.8 Å². The molecule has 2 atom stereocenters. The minimum absolute atomic E-state index is 0.0228. The number of carbonyl (C=O) groups is 5. The Bertz CT molecular complexity index is 2080. The highest BCUT2D eigenvalue weighted by atomic mass is 19.4. The van der Waals surface area contributed by atoms with Gasteiger partial charge in [-0.15, -0.1) is 0 Å². The van der Waals surface area contributed by atoms with Gasteiger partial charge in [-0.1, -0.05) is 32.0 Å². The summed E-state index contributed by atoms with van der Waals surface area (Å²) in [7, 11) is 0. The number of nitrogens with one attached hydrogen (secondary N) is 1. The Morgan fingerprint density at radius 2 is 1.53 bits per heavy atom. The molecule has 300 valence electrons. The number of fused-ring (bicyclic) bond motifs is 1. The SMILES string of the molecule is CC1(C)CN(Cc2ccc(OCCOCCOCCOc3cccc4c3C(=O)N(C3CCC(=O)NC3=O)C4=O)cc2)C(=O)C1Oc1ccc(C#N)c(C(F)(F)F)c1. The van der Waals surface area contributed by atoms with Gasteiger partial charge in [0.1, 0.15) is 36.5 Å². The Morgan fingerprint density at radius 1 is 0.860 bits per heavy atom. The lowest BCUT2D eigenvalue weighted by Crippen LogP contribution is -2.54. The molecule has 57 heavy (non-hydrogen) atoms. The molecular weight excluding hydrogens is 753 g/mol. The van der Waals surface area contributed by atoms with Crippen LogP contribution in [-0.4, -0.2) is 97.7 Å². The predicted molar refractivity (Wildman–Crippen MR) is 192 cm³/mol. The van der Waals surface area contributed by atoms with Gasteiger partial charge in [-0.05, 0) is 54.4 Å². The summed E-state index contributed by atoms with van der Waals surface area (Å²) in [4.78, 5) is 65.8. The largest absolute Gasteiger partial charge is 0.491 e. The lowest BCUT2D eigenvalue weighted by atomic mass is 9.89. The van der Waals surface area contributed by atoms with E-state index in [1.54, 1.807) is 43.0 Å². The van der Waals surface area contributed by atoms with Gasteiger partial charge in [-0.2, -0.15) is 18.4 Å². The van der Waals surface area contributed by atoms with Crippen LogP contribution in [0, 0.1) is 16.7 Å². The fourth-order valence-electron chi connectivity index (χ4n) is 6.83. The maximum atomic E-state index is 13.5. The number of likely N-dealkylation sites (tertiary alicyclic amines) is 1. The Kier molecular flexibility index (Phi) is 12.1. The van der Waals surface area contributed by atoms with Crippen LogP contribution < -0.4 is 19.5 Å². The number of imide groups is 2. The fraction of sp³-hybridized carbons (Fsp3) is 0.400. The highest BCUT2D eigenvalue weighted by molar-refractivity contribution is 6.24. The molecule has 0 aliphatic carbocycles. The molecule has 0 spiro atoms. The second-order valence-corrected chi connectivity index (χ2v) is 14.2. The van der Waals surface area contributed by atoms with Crippen molar-refractivity contribution in [1.29, 1.82) is 5.26 Å². The number of halogens is 3. The molecule has 2 fully saturated rings. The van der Waals surface area contributed by atoms with Crippen molar-refractivity contribution in [3.8, 4) is 23.3 Å². The van der Waals surface area contributed by atoms with Crippen molar-refractivity contribution in [3.05, 3.63) is 88.5 Å². The van der Waals surface area contributed by atoms with Gasteiger partial charge in [0.25, 0.3) is 17.7 Å². The van der Waals surface area contributed by atoms with Gasteiger partial charge in [-0.3, -0.25) is 34.2 Å². The maximum Gasteiger partial charge on any atom is 0.417 e. The molecule has 5 amide bonds. The second kappa shape index (κ2) is 17.0. The topological polar surface area (TPSA) is 174 Å². The number of rotatable bonds is 16. The van der Waals surface area contributed by atoms with Crippen LogP contribution >= 0.6 is 0 Å². The van der Waals surface area contributed by atoms with Crippen molar-refractivity contribution < 1.29 is 60.8 Å². The minimum Gasteiger partial charge on any atom is -0.491 e. The number of carbonyl (C=O) groups excluding carboxylic acids is 5. The highest BCUT2D eigenvalue weighted by Gasteiger charge is 2.49. The number of alkyl halides is 3. The van der Waals surface area contributed by atoms with Gasteiger partial charge in [0.15, 0.2) is 6.10 Å². The summed E-state index contributed by atoms with van der Waals surface area (Å²) in [5.74, 6) is -2.16. The maximum absolute atomic E-state index is 13.5. The van der Waals surface area contributed by atoms with Crippen LogP contribution in [0.2, 0.25) is 0 Å². The Morgan fingerprint density at radius 3 is 2.19 bits per heavy atom. The number of benzene rings is 3. The first-order valence-electron chi connectivity index (χ1n) is 18.1. The van der Waals surface area contributed by atoms with Crippen LogP contribution in [0.25, 0.3) is 0 Å². The Labute approximate surface area is 325 Å². The van der Waals surface area contributed by atoms with E-state index in [1.165, 1.54) is 18.2 Å². The minimum atomic E-state index is -4.75. The lowest BCUT2D eigenvalue weighted by molar-refractivity contribution is -0.138. The van der Waals surface area contributed by atoms with Crippen molar-refractivity contribution in [2.75, 3.05) is 46.2 Å². The van der Waals surface area contributed by atoms with Crippen LogP contribution in [0.1, 0.15) is 64.1 Å². The van der Waals surface area contributed by atoms with E-state index < -0.39 is 58.5 Å². The third-order valence-corrected chi connectivity index (χ3v) is 9.60. The zero-order chi connectivity index (χ0) is 40.9. The van der Waals surface area contributed by atoms with Crippen molar-refractivity contribution >= 4 is 29.5 Å². The van der Waals surface area contributed by atoms with E-state index in [0.717, 1.165) is 22.6 Å². The Hall–Kier alpha value is -5.99. The second-order valence-electron chi connectivity index (χ2n) is 14.2. The van der Waals surface area contributed by atoms with Crippen molar-refractivity contribution in [2.45, 2.75) is 51.6 Å². The molecule has 17 heteroatoms. The first-order chi connectivity index (χ1) is 27.2. The Balaban J connectivity index is 0.873. The molecule has 2 saturated heterocycles. The average Bonchev–Trinajstić information content (AvgIpc) is 3.55. The molecule has 3 aliphatic heterocycles. The van der Waals surface area contributed by atoms with Crippen molar-refractivity contribution in [3.63, 3.8) is 0 Å². The first-order valence-corrected chi connectivity index (χ1v) is 18.1. The van der Waals surface area contributed by atoms with Gasteiger partial charge < -0.3 is 28.6 Å². The van der Waals surface area contributed by atoms with E-state index in [-0.39, 0.29) is 87.6 Å². The smallest absolute Gasteiger partial charge is 0.417 e. The highest BCUT2D eigenvalue weighted by Crippen LogP contribution is 2.38. The normalized spacial score (nSPS) is 19.1. The summed E-state index contributed by atoms with van der Waals surface area (Å²) in [5.41, 5.74) is -1.36. The number of piperidine rings is 1. The van der Waals surface area contributed by atoms with E-state index in [9.17, 15) is 37.1 Å². The molecule has 1 N–H and O–H groups in total. The zero-order valence-corrected chi connectivity index (χ0v) is 31.1. The monoisotopic (exact) mass is 792 g/mol. The summed E-state index contributed by atoms with van der Waals surface area (Å²) >= 11 is 0. The van der Waals surface area contributed by atoms with Crippen LogP contribution in [0.15, 0.2) is 60.7 Å². The zero-order valence-electron chi connectivity index (χ0n) is 31.1. The molecular formula is C40H39F3N4O10. The number of amides is 5. The number of hydrogen-bond donors (Lipinski definition) is 1.